The summed E-state index contributed by atoms with van der Waals surface area (Å²) in [5, 5.41) is 19.0. The SMILES string of the molecule is CCC(C)C(NC(=O)C(Cc1ccccc1)NC(=O)C(N)Cc1c[nH]c2ccccc12)C(=O)NC(Cc1ccccc1)C(=O)O. The Bertz CT molecular complexity index is 1590. The third-order valence-electron chi connectivity index (χ3n) is 8.06. The van der Waals surface area contributed by atoms with Crippen molar-refractivity contribution in [3.63, 3.8) is 0 Å². The molecule has 10 nitrogen and oxygen atoms in total. The van der Waals surface area contributed by atoms with E-state index in [1.54, 1.807) is 31.2 Å². The zero-order valence-corrected chi connectivity index (χ0v) is 25.5. The van der Waals surface area contributed by atoms with Crippen molar-refractivity contribution in [3.8, 4) is 0 Å². The van der Waals surface area contributed by atoms with Crippen LogP contribution in [-0.2, 0) is 38.4 Å². The fraction of sp³-hybridized carbons (Fsp3) is 0.314. The molecule has 0 saturated carbocycles. The van der Waals surface area contributed by atoms with Gasteiger partial charge in [-0.3, -0.25) is 14.4 Å². The lowest BCUT2D eigenvalue weighted by Gasteiger charge is -2.28. The highest BCUT2D eigenvalue weighted by molar-refractivity contribution is 5.94. The molecule has 1 aromatic heterocycles. The number of aromatic amines is 1. The highest BCUT2D eigenvalue weighted by atomic mass is 16.4. The maximum Gasteiger partial charge on any atom is 0.326 e. The molecule has 4 rings (SSSR count). The largest absolute Gasteiger partial charge is 0.480 e. The molecule has 4 aromatic rings. The maximum absolute atomic E-state index is 13.8. The van der Waals surface area contributed by atoms with Gasteiger partial charge in [-0.25, -0.2) is 4.79 Å². The van der Waals surface area contributed by atoms with Gasteiger partial charge in [0.2, 0.25) is 17.7 Å². The number of amides is 3. The number of H-pyrrole nitrogens is 1. The van der Waals surface area contributed by atoms with Gasteiger partial charge in [0.1, 0.15) is 18.1 Å². The standard InChI is InChI=1S/C35H41N5O5/c1-3-22(2)31(34(43)39-30(35(44)45)19-24-14-8-5-9-15-24)40-33(42)29(18-23-12-6-4-7-13-23)38-32(41)27(36)20-25-21-37-28-17-11-10-16-26(25)28/h4-17,21-22,27,29-31,37H,3,18-20,36H2,1-2H3,(H,38,41)(H,39,43)(H,40,42)(H,44,45). The number of aromatic nitrogens is 1. The van der Waals surface area contributed by atoms with Crippen molar-refractivity contribution in [3.05, 3.63) is 108 Å². The molecule has 1 heterocycles. The fourth-order valence-electron chi connectivity index (χ4n) is 5.24. The molecule has 0 bridgehead atoms. The molecule has 0 spiro atoms. The number of nitrogens with one attached hydrogen (secondary N) is 4. The number of nitrogens with two attached hydrogens (primary N) is 1. The summed E-state index contributed by atoms with van der Waals surface area (Å²) >= 11 is 0. The van der Waals surface area contributed by atoms with E-state index in [-0.39, 0.29) is 25.2 Å². The molecule has 3 amide bonds. The molecule has 0 aliphatic heterocycles. The zero-order chi connectivity index (χ0) is 32.3. The van der Waals surface area contributed by atoms with E-state index in [1.807, 2.05) is 73.8 Å². The predicted octanol–water partition coefficient (Wildman–Crippen LogP) is 3.11. The summed E-state index contributed by atoms with van der Waals surface area (Å²) in [4.78, 5) is 55.8. The van der Waals surface area contributed by atoms with Crippen molar-refractivity contribution in [1.82, 2.24) is 20.9 Å². The Morgan fingerprint density at radius 1 is 0.733 bits per heavy atom. The minimum absolute atomic E-state index is 0.0874. The van der Waals surface area contributed by atoms with E-state index in [0.717, 1.165) is 27.6 Å². The second-order valence-corrected chi connectivity index (χ2v) is 11.4. The number of hydrogen-bond acceptors (Lipinski definition) is 5. The molecular weight excluding hydrogens is 570 g/mol. The highest BCUT2D eigenvalue weighted by Gasteiger charge is 2.33. The lowest BCUT2D eigenvalue weighted by Crippen LogP contribution is -2.59. The Hall–Kier alpha value is -4.96. The van der Waals surface area contributed by atoms with Gasteiger partial charge >= 0.3 is 5.97 Å². The van der Waals surface area contributed by atoms with E-state index >= 15 is 0 Å². The Kier molecular flexibility index (Phi) is 11.5. The number of carbonyl (C=O) groups excluding carboxylic acids is 3. The second-order valence-electron chi connectivity index (χ2n) is 11.4. The van der Waals surface area contributed by atoms with Crippen LogP contribution in [-0.4, -0.2) is 57.9 Å². The van der Waals surface area contributed by atoms with E-state index in [4.69, 9.17) is 5.73 Å². The molecule has 5 atom stereocenters. The van der Waals surface area contributed by atoms with Crippen LogP contribution in [0.3, 0.4) is 0 Å². The number of fused-ring (bicyclic) bond motifs is 1. The van der Waals surface area contributed by atoms with E-state index < -0.39 is 47.9 Å². The van der Waals surface area contributed by atoms with Crippen LogP contribution >= 0.6 is 0 Å². The molecule has 10 heteroatoms. The van der Waals surface area contributed by atoms with E-state index in [2.05, 4.69) is 20.9 Å². The quantitative estimate of drug-likeness (QED) is 0.121. The Balaban J connectivity index is 1.49. The summed E-state index contributed by atoms with van der Waals surface area (Å²) in [5.41, 5.74) is 9.71. The first-order valence-corrected chi connectivity index (χ1v) is 15.2. The fourth-order valence-corrected chi connectivity index (χ4v) is 5.24. The van der Waals surface area contributed by atoms with Gasteiger partial charge in [-0.15, -0.1) is 0 Å². The molecule has 0 saturated heterocycles. The molecule has 0 radical (unpaired) electrons. The van der Waals surface area contributed by atoms with Crippen LogP contribution < -0.4 is 21.7 Å². The average molecular weight is 612 g/mol. The van der Waals surface area contributed by atoms with Crippen LogP contribution in [0.1, 0.15) is 37.0 Å². The number of rotatable bonds is 15. The van der Waals surface area contributed by atoms with Crippen LogP contribution in [0, 0.1) is 5.92 Å². The summed E-state index contributed by atoms with van der Waals surface area (Å²) in [6.45, 7) is 3.68. The number of para-hydroxylation sites is 1. The first-order valence-electron chi connectivity index (χ1n) is 15.2. The summed E-state index contributed by atoms with van der Waals surface area (Å²) in [5.74, 6) is -3.18. The van der Waals surface area contributed by atoms with Gasteiger partial charge in [0.15, 0.2) is 0 Å². The smallest absolute Gasteiger partial charge is 0.326 e. The Morgan fingerprint density at radius 2 is 1.29 bits per heavy atom. The van der Waals surface area contributed by atoms with Crippen molar-refractivity contribution < 1.29 is 24.3 Å². The van der Waals surface area contributed by atoms with E-state index in [9.17, 15) is 24.3 Å². The van der Waals surface area contributed by atoms with Gasteiger partial charge in [0.05, 0.1) is 6.04 Å². The van der Waals surface area contributed by atoms with Crippen LogP contribution in [0.15, 0.2) is 91.1 Å². The van der Waals surface area contributed by atoms with Crippen molar-refractivity contribution >= 4 is 34.6 Å². The minimum atomic E-state index is -1.19. The van der Waals surface area contributed by atoms with Crippen LogP contribution in [0.25, 0.3) is 10.9 Å². The molecule has 0 aliphatic carbocycles. The van der Waals surface area contributed by atoms with Gasteiger partial charge in [-0.05, 0) is 35.1 Å². The monoisotopic (exact) mass is 611 g/mol. The molecule has 3 aromatic carbocycles. The van der Waals surface area contributed by atoms with Crippen molar-refractivity contribution in [2.24, 2.45) is 11.7 Å². The topological polar surface area (TPSA) is 166 Å². The van der Waals surface area contributed by atoms with Gasteiger partial charge in [0.25, 0.3) is 0 Å². The van der Waals surface area contributed by atoms with Crippen molar-refractivity contribution in [2.75, 3.05) is 0 Å². The molecule has 7 N–H and O–H groups in total. The third-order valence-corrected chi connectivity index (χ3v) is 8.06. The second kappa shape index (κ2) is 15.7. The highest BCUT2D eigenvalue weighted by Crippen LogP contribution is 2.19. The number of benzene rings is 3. The third kappa shape index (κ3) is 9.02. The number of carboxylic acids is 1. The van der Waals surface area contributed by atoms with Gasteiger partial charge in [0, 0.05) is 29.9 Å². The molecule has 5 unspecified atom stereocenters. The molecule has 0 aliphatic rings. The van der Waals surface area contributed by atoms with E-state index in [0.29, 0.717) is 6.42 Å². The number of aliphatic carboxylic acids is 1. The molecule has 236 valence electrons. The minimum Gasteiger partial charge on any atom is -0.480 e. The Labute approximate surface area is 262 Å². The zero-order valence-electron chi connectivity index (χ0n) is 25.5. The first kappa shape index (κ1) is 32.9. The van der Waals surface area contributed by atoms with Crippen LogP contribution in [0.5, 0.6) is 0 Å². The number of carboxylic acid groups (broad SMARTS) is 1. The molecule has 45 heavy (non-hydrogen) atoms. The summed E-state index contributed by atoms with van der Waals surface area (Å²) in [6.07, 6.45) is 2.87. The first-order chi connectivity index (χ1) is 21.7. The van der Waals surface area contributed by atoms with Gasteiger partial charge < -0.3 is 31.8 Å². The number of carbonyl (C=O) groups is 4. The van der Waals surface area contributed by atoms with E-state index in [1.165, 1.54) is 0 Å². The molecular formula is C35H41N5O5. The number of hydrogen-bond donors (Lipinski definition) is 6. The summed E-state index contributed by atoms with van der Waals surface area (Å²) in [6, 6.07) is 21.7. The van der Waals surface area contributed by atoms with Crippen molar-refractivity contribution in [1.29, 1.82) is 0 Å². The summed E-state index contributed by atoms with van der Waals surface area (Å²) < 4.78 is 0. The van der Waals surface area contributed by atoms with Crippen molar-refractivity contribution in [2.45, 2.75) is 63.7 Å². The van der Waals surface area contributed by atoms with Crippen LogP contribution in [0.4, 0.5) is 0 Å². The van der Waals surface area contributed by atoms with Crippen LogP contribution in [0.2, 0.25) is 0 Å². The lowest BCUT2D eigenvalue weighted by atomic mass is 9.96. The average Bonchev–Trinajstić information content (AvgIpc) is 3.45. The van der Waals surface area contributed by atoms with Gasteiger partial charge in [-0.2, -0.15) is 0 Å². The predicted molar refractivity (Wildman–Crippen MR) is 173 cm³/mol. The lowest BCUT2D eigenvalue weighted by molar-refractivity contribution is -0.142. The normalized spacial score (nSPS) is 14.5. The maximum atomic E-state index is 13.8. The van der Waals surface area contributed by atoms with Gasteiger partial charge in [-0.1, -0.05) is 99.1 Å². The summed E-state index contributed by atoms with van der Waals surface area (Å²) in [7, 11) is 0. The Morgan fingerprint density at radius 3 is 1.89 bits per heavy atom. The molecule has 0 fully saturated rings.